The fourth-order valence-corrected chi connectivity index (χ4v) is 6.94. The van der Waals surface area contributed by atoms with Crippen molar-refractivity contribution in [3.63, 3.8) is 0 Å². The first-order chi connectivity index (χ1) is 22.9. The number of imidazole rings is 1. The third-order valence-electron chi connectivity index (χ3n) is 8.64. The normalized spacial score (nSPS) is 21.4. The number of likely N-dealkylation sites (N-methyl/N-ethyl adjacent to an activating group) is 1. The number of nitrogens with one attached hydrogen (secondary N) is 1. The zero-order chi connectivity index (χ0) is 34.4. The number of hydrogen-bond donors (Lipinski definition) is 2. The van der Waals surface area contributed by atoms with Gasteiger partial charge in [-0.25, -0.2) is 4.98 Å². The van der Waals surface area contributed by atoms with Gasteiger partial charge < -0.3 is 33.5 Å². The second-order valence-corrected chi connectivity index (χ2v) is 14.5. The highest BCUT2D eigenvalue weighted by Crippen LogP contribution is 2.33. The number of amides is 1. The molecular formula is C34H47N5O8S. The lowest BCUT2D eigenvalue weighted by molar-refractivity contribution is -0.0177. The number of fused-ring (bicyclic) bond motifs is 2. The highest BCUT2D eigenvalue weighted by atomic mass is 32.2. The first-order valence-electron chi connectivity index (χ1n) is 16.4. The molecule has 14 heteroatoms. The van der Waals surface area contributed by atoms with Crippen molar-refractivity contribution in [3.8, 4) is 17.2 Å². The SMILES string of the molecule is C[C@@H]1CN([C@@H](C)CO)C(=O)c2cc(NS(=O)(=O)c3cn(C)cn3)ccc2O[C@@H](C)CCCCO[C@@H]1CN(C)Cc1ccc2c(c1)OCO2. The Kier molecular flexibility index (Phi) is 11.5. The van der Waals surface area contributed by atoms with Crippen molar-refractivity contribution in [2.24, 2.45) is 13.0 Å². The maximum Gasteiger partial charge on any atom is 0.280 e. The molecule has 0 bridgehead atoms. The van der Waals surface area contributed by atoms with Gasteiger partial charge in [0.25, 0.3) is 15.9 Å². The number of carbonyl (C=O) groups excluding carboxylic acids is 1. The number of anilines is 1. The lowest BCUT2D eigenvalue weighted by Crippen LogP contribution is -2.47. The van der Waals surface area contributed by atoms with Gasteiger partial charge >= 0.3 is 0 Å². The number of hydrogen-bond acceptors (Lipinski definition) is 10. The van der Waals surface area contributed by atoms with E-state index in [0.717, 1.165) is 36.3 Å². The van der Waals surface area contributed by atoms with Crippen LogP contribution >= 0.6 is 0 Å². The molecule has 0 unspecified atom stereocenters. The number of aromatic nitrogens is 2. The summed E-state index contributed by atoms with van der Waals surface area (Å²) in [5, 5.41) is 10.1. The van der Waals surface area contributed by atoms with Crippen molar-refractivity contribution in [2.75, 3.05) is 44.9 Å². The van der Waals surface area contributed by atoms with Crippen LogP contribution < -0.4 is 18.9 Å². The highest BCUT2D eigenvalue weighted by Gasteiger charge is 2.31. The summed E-state index contributed by atoms with van der Waals surface area (Å²) in [6, 6.07) is 10.1. The summed E-state index contributed by atoms with van der Waals surface area (Å²) >= 11 is 0. The molecule has 2 N–H and O–H groups in total. The Hall–Kier alpha value is -3.85. The van der Waals surface area contributed by atoms with Crippen molar-refractivity contribution in [3.05, 3.63) is 60.0 Å². The van der Waals surface area contributed by atoms with Gasteiger partial charge in [-0.1, -0.05) is 13.0 Å². The summed E-state index contributed by atoms with van der Waals surface area (Å²) in [7, 11) is -0.290. The van der Waals surface area contributed by atoms with E-state index in [1.807, 2.05) is 39.1 Å². The molecule has 0 aliphatic carbocycles. The number of benzene rings is 2. The Labute approximate surface area is 282 Å². The van der Waals surface area contributed by atoms with Crippen LogP contribution in [-0.4, -0.2) is 97.2 Å². The van der Waals surface area contributed by atoms with Crippen molar-refractivity contribution < 1.29 is 37.3 Å². The number of nitrogens with zero attached hydrogens (tertiary/aromatic N) is 4. The fraction of sp³-hybridized carbons (Fsp3) is 0.529. The molecule has 0 fully saturated rings. The zero-order valence-electron chi connectivity index (χ0n) is 28.3. The van der Waals surface area contributed by atoms with Crippen LogP contribution in [0.15, 0.2) is 53.9 Å². The summed E-state index contributed by atoms with van der Waals surface area (Å²) < 4.78 is 54.0. The molecule has 0 saturated carbocycles. The van der Waals surface area contributed by atoms with Crippen LogP contribution in [0.3, 0.4) is 0 Å². The van der Waals surface area contributed by atoms with Gasteiger partial charge in [0.1, 0.15) is 5.75 Å². The minimum atomic E-state index is -4.01. The maximum atomic E-state index is 14.4. The smallest absolute Gasteiger partial charge is 0.280 e. The van der Waals surface area contributed by atoms with Crippen LogP contribution in [0.25, 0.3) is 0 Å². The highest BCUT2D eigenvalue weighted by molar-refractivity contribution is 7.92. The minimum absolute atomic E-state index is 0.112. The number of aliphatic hydroxyl groups is 1. The predicted octanol–water partition coefficient (Wildman–Crippen LogP) is 3.88. The van der Waals surface area contributed by atoms with Gasteiger partial charge in [-0.2, -0.15) is 8.42 Å². The molecule has 2 aliphatic heterocycles. The van der Waals surface area contributed by atoms with Crippen molar-refractivity contribution in [1.82, 2.24) is 19.4 Å². The molecule has 0 radical (unpaired) electrons. The second-order valence-electron chi connectivity index (χ2n) is 12.9. The third-order valence-corrected chi connectivity index (χ3v) is 9.91. The molecule has 4 atom stereocenters. The van der Waals surface area contributed by atoms with E-state index in [1.165, 1.54) is 23.2 Å². The number of aliphatic hydroxyl groups excluding tert-OH is 1. The van der Waals surface area contributed by atoms with Crippen molar-refractivity contribution in [2.45, 2.75) is 69.9 Å². The van der Waals surface area contributed by atoms with Crippen LogP contribution in [0.5, 0.6) is 17.2 Å². The lowest BCUT2D eigenvalue weighted by atomic mass is 10.0. The fourth-order valence-electron chi connectivity index (χ4n) is 5.91. The molecule has 48 heavy (non-hydrogen) atoms. The Morgan fingerprint density at radius 3 is 2.62 bits per heavy atom. The Morgan fingerprint density at radius 1 is 1.10 bits per heavy atom. The molecule has 3 aromatic rings. The van der Waals surface area contributed by atoms with Gasteiger partial charge in [0.15, 0.2) is 16.5 Å². The molecule has 13 nitrogen and oxygen atoms in total. The van der Waals surface area contributed by atoms with Gasteiger partial charge in [0.05, 0.1) is 36.7 Å². The van der Waals surface area contributed by atoms with E-state index in [2.05, 4.69) is 14.6 Å². The molecular weight excluding hydrogens is 638 g/mol. The average molecular weight is 686 g/mol. The molecule has 262 valence electrons. The topological polar surface area (TPSA) is 145 Å². The van der Waals surface area contributed by atoms with E-state index in [-0.39, 0.29) is 53.7 Å². The van der Waals surface area contributed by atoms with Gasteiger partial charge in [0, 0.05) is 51.1 Å². The van der Waals surface area contributed by atoms with Crippen molar-refractivity contribution >= 4 is 21.6 Å². The van der Waals surface area contributed by atoms with Gasteiger partial charge in [-0.15, -0.1) is 0 Å². The summed E-state index contributed by atoms with van der Waals surface area (Å²) in [5.41, 5.74) is 1.48. The van der Waals surface area contributed by atoms with Crippen molar-refractivity contribution in [1.29, 1.82) is 0 Å². The molecule has 2 aromatic carbocycles. The van der Waals surface area contributed by atoms with Crippen LogP contribution in [0.2, 0.25) is 0 Å². The number of ether oxygens (including phenoxy) is 4. The molecule has 3 heterocycles. The summed E-state index contributed by atoms with van der Waals surface area (Å²) in [6.07, 6.45) is 4.84. The molecule has 1 aromatic heterocycles. The van der Waals surface area contributed by atoms with Gasteiger partial charge in [0.2, 0.25) is 6.79 Å². The molecule has 1 amide bonds. The van der Waals surface area contributed by atoms with Crippen LogP contribution in [-0.2, 0) is 28.4 Å². The molecule has 2 aliphatic rings. The molecule has 0 saturated heterocycles. The third kappa shape index (κ3) is 8.78. The van der Waals surface area contributed by atoms with E-state index in [4.69, 9.17) is 18.9 Å². The maximum absolute atomic E-state index is 14.4. The summed E-state index contributed by atoms with van der Waals surface area (Å²) in [6.45, 7) is 7.88. The van der Waals surface area contributed by atoms with Gasteiger partial charge in [-0.05, 0) is 76.1 Å². The van der Waals surface area contributed by atoms with E-state index in [1.54, 1.807) is 31.0 Å². The van der Waals surface area contributed by atoms with Gasteiger partial charge in [-0.3, -0.25) is 14.4 Å². The Bertz CT molecular complexity index is 1660. The molecule has 0 spiro atoms. The number of rotatable bonds is 9. The van der Waals surface area contributed by atoms with Crippen LogP contribution in [0, 0.1) is 5.92 Å². The van der Waals surface area contributed by atoms with E-state index in [9.17, 15) is 18.3 Å². The van der Waals surface area contributed by atoms with Crippen LogP contribution in [0.4, 0.5) is 5.69 Å². The second kappa shape index (κ2) is 15.6. The van der Waals surface area contributed by atoms with Crippen LogP contribution in [0.1, 0.15) is 56.0 Å². The zero-order valence-corrected chi connectivity index (χ0v) is 29.1. The predicted molar refractivity (Wildman–Crippen MR) is 180 cm³/mol. The number of aryl methyl sites for hydroxylation is 1. The lowest BCUT2D eigenvalue weighted by Gasteiger charge is -2.36. The largest absolute Gasteiger partial charge is 0.490 e. The number of sulfonamides is 1. The van der Waals surface area contributed by atoms with E-state index < -0.39 is 16.1 Å². The average Bonchev–Trinajstić information content (AvgIpc) is 3.71. The first kappa shape index (κ1) is 35.5. The molecule has 5 rings (SSSR count). The standard InChI is InChI=1S/C34H47N5O8S/c1-23-16-39(24(2)20-40)34(41)28-15-27(36-48(42,43)33-19-38(5)21-35-33)10-12-29(28)47-25(3)8-6-7-13-44-32(23)18-37(4)17-26-9-11-30-31(14-26)46-22-45-30/h9-12,14-15,19,21,23-25,32,36,40H,6-8,13,16-18,20,22H2,1-5H3/t23-,24+,25+,32-/m1/s1. The quantitative estimate of drug-likeness (QED) is 0.341. The first-order valence-corrected chi connectivity index (χ1v) is 17.8. The monoisotopic (exact) mass is 685 g/mol. The Balaban J connectivity index is 1.40. The summed E-state index contributed by atoms with van der Waals surface area (Å²) in [5.74, 6) is 1.34. The Morgan fingerprint density at radius 2 is 1.88 bits per heavy atom. The summed E-state index contributed by atoms with van der Waals surface area (Å²) in [4.78, 5) is 22.2. The minimum Gasteiger partial charge on any atom is -0.490 e. The van der Waals surface area contributed by atoms with E-state index in [0.29, 0.717) is 32.0 Å². The van der Waals surface area contributed by atoms with E-state index >= 15 is 0 Å². The number of carbonyl (C=O) groups is 1.